The predicted octanol–water partition coefficient (Wildman–Crippen LogP) is 2.95. The number of halogens is 2. The zero-order chi connectivity index (χ0) is 14.9. The van der Waals surface area contributed by atoms with Crippen molar-refractivity contribution >= 4 is 29.0 Å². The Balaban J connectivity index is 2.33. The van der Waals surface area contributed by atoms with Crippen molar-refractivity contribution in [2.75, 3.05) is 0 Å². The summed E-state index contributed by atoms with van der Waals surface area (Å²) in [6, 6.07) is 5.21. The molecule has 1 aromatic carbocycles. The predicted molar refractivity (Wildman–Crippen MR) is 79.8 cm³/mol. The molecule has 20 heavy (non-hydrogen) atoms. The van der Waals surface area contributed by atoms with E-state index in [-0.39, 0.29) is 5.84 Å². The number of nitrogens with two attached hydrogens (primary N) is 1. The number of rotatable bonds is 3. The molecule has 0 atom stereocenters. The third kappa shape index (κ3) is 2.73. The van der Waals surface area contributed by atoms with Gasteiger partial charge in [0.25, 0.3) is 0 Å². The topological polar surface area (TPSA) is 76.4 Å². The van der Waals surface area contributed by atoms with Gasteiger partial charge in [0.2, 0.25) is 0 Å². The summed E-state index contributed by atoms with van der Waals surface area (Å²) in [6.07, 6.45) is 0. The Kier molecular flexibility index (Phi) is 4.20. The lowest BCUT2D eigenvalue weighted by Crippen LogP contribution is -2.13. The van der Waals surface area contributed by atoms with E-state index in [4.69, 9.17) is 34.1 Å². The Labute approximate surface area is 126 Å². The number of benzene rings is 1. The molecule has 0 bridgehead atoms. The summed E-state index contributed by atoms with van der Waals surface area (Å²) in [5.41, 5.74) is 8.64. The molecule has 0 spiro atoms. The summed E-state index contributed by atoms with van der Waals surface area (Å²) in [5.74, 6) is 0.0209. The summed E-state index contributed by atoms with van der Waals surface area (Å²) < 4.78 is 1.79. The minimum Gasteiger partial charge on any atom is -0.409 e. The molecule has 2 aromatic rings. The number of nitrogens with zero attached hydrogens (tertiary/aromatic N) is 3. The van der Waals surface area contributed by atoms with Crippen LogP contribution in [0.15, 0.2) is 23.4 Å². The number of amidine groups is 1. The van der Waals surface area contributed by atoms with Gasteiger partial charge in [-0.25, -0.2) is 0 Å². The maximum absolute atomic E-state index is 8.64. The number of oxime groups is 1. The Morgan fingerprint density at radius 1 is 1.40 bits per heavy atom. The largest absolute Gasteiger partial charge is 0.409 e. The highest BCUT2D eigenvalue weighted by molar-refractivity contribution is 6.32. The summed E-state index contributed by atoms with van der Waals surface area (Å²) in [5, 5.41) is 17.1. The first-order valence-corrected chi connectivity index (χ1v) is 6.65. The van der Waals surface area contributed by atoms with E-state index in [2.05, 4.69) is 10.3 Å². The van der Waals surface area contributed by atoms with Gasteiger partial charge in [0.1, 0.15) is 0 Å². The first kappa shape index (κ1) is 14.7. The van der Waals surface area contributed by atoms with Crippen molar-refractivity contribution in [2.45, 2.75) is 20.4 Å². The van der Waals surface area contributed by atoms with Crippen LogP contribution in [-0.4, -0.2) is 20.8 Å². The van der Waals surface area contributed by atoms with Crippen molar-refractivity contribution in [1.29, 1.82) is 0 Å². The van der Waals surface area contributed by atoms with E-state index < -0.39 is 0 Å². The molecule has 0 saturated carbocycles. The molecule has 0 aliphatic carbocycles. The average molecular weight is 313 g/mol. The fourth-order valence-electron chi connectivity index (χ4n) is 1.88. The van der Waals surface area contributed by atoms with Crippen molar-refractivity contribution in [3.8, 4) is 0 Å². The van der Waals surface area contributed by atoms with Crippen molar-refractivity contribution in [2.24, 2.45) is 10.9 Å². The van der Waals surface area contributed by atoms with Gasteiger partial charge >= 0.3 is 0 Å². The Morgan fingerprint density at radius 3 is 2.60 bits per heavy atom. The van der Waals surface area contributed by atoms with E-state index >= 15 is 0 Å². The minimum absolute atomic E-state index is 0.0209. The maximum Gasteiger partial charge on any atom is 0.170 e. The van der Waals surface area contributed by atoms with Gasteiger partial charge in [-0.15, -0.1) is 0 Å². The van der Waals surface area contributed by atoms with E-state index in [1.54, 1.807) is 16.8 Å². The highest BCUT2D eigenvalue weighted by atomic mass is 35.5. The van der Waals surface area contributed by atoms with Crippen LogP contribution < -0.4 is 5.73 Å². The van der Waals surface area contributed by atoms with Crippen molar-refractivity contribution < 1.29 is 5.21 Å². The van der Waals surface area contributed by atoms with Crippen LogP contribution in [0.5, 0.6) is 0 Å². The van der Waals surface area contributed by atoms with Crippen LogP contribution >= 0.6 is 23.2 Å². The normalized spacial score (nSPS) is 11.9. The SMILES string of the molecule is Cc1nn(Cc2ccc(/C(N)=N/O)cc2Cl)c(C)c1Cl. The van der Waals surface area contributed by atoms with Gasteiger partial charge in [0.15, 0.2) is 5.84 Å². The third-order valence-corrected chi connectivity index (χ3v) is 3.97. The maximum atomic E-state index is 8.64. The van der Waals surface area contributed by atoms with E-state index in [1.807, 2.05) is 19.9 Å². The summed E-state index contributed by atoms with van der Waals surface area (Å²) in [7, 11) is 0. The fraction of sp³-hybridized carbons (Fsp3) is 0.231. The van der Waals surface area contributed by atoms with Crippen LogP contribution in [0.2, 0.25) is 10.0 Å². The number of hydrogen-bond acceptors (Lipinski definition) is 3. The van der Waals surface area contributed by atoms with Crippen LogP contribution in [0.25, 0.3) is 0 Å². The molecule has 0 aliphatic heterocycles. The standard InChI is InChI=1S/C13H14Cl2N4O/c1-7-12(15)8(2)19(17-7)6-10-4-3-9(5-11(10)14)13(16)18-20/h3-5,20H,6H2,1-2H3,(H2,16,18). The molecule has 0 amide bonds. The Bertz CT molecular complexity index is 679. The fourth-order valence-corrected chi connectivity index (χ4v) is 2.26. The molecule has 1 heterocycles. The lowest BCUT2D eigenvalue weighted by atomic mass is 10.1. The summed E-state index contributed by atoms with van der Waals surface area (Å²) in [4.78, 5) is 0. The summed E-state index contributed by atoms with van der Waals surface area (Å²) >= 11 is 12.3. The van der Waals surface area contributed by atoms with E-state index in [9.17, 15) is 0 Å². The molecule has 7 heteroatoms. The quantitative estimate of drug-likeness (QED) is 0.396. The second-order valence-corrected chi connectivity index (χ2v) is 5.22. The molecule has 2 rings (SSSR count). The zero-order valence-corrected chi connectivity index (χ0v) is 12.6. The first-order chi connectivity index (χ1) is 9.43. The van der Waals surface area contributed by atoms with Crippen LogP contribution in [0.3, 0.4) is 0 Å². The Hall–Kier alpha value is -1.72. The third-order valence-electron chi connectivity index (χ3n) is 3.07. The van der Waals surface area contributed by atoms with Crippen molar-refractivity contribution in [3.05, 3.63) is 50.8 Å². The van der Waals surface area contributed by atoms with Gasteiger partial charge in [-0.1, -0.05) is 40.5 Å². The molecule has 1 aromatic heterocycles. The second kappa shape index (κ2) is 5.73. The summed E-state index contributed by atoms with van der Waals surface area (Å²) in [6.45, 7) is 4.27. The van der Waals surface area contributed by atoms with E-state index in [1.165, 1.54) is 0 Å². The van der Waals surface area contributed by atoms with E-state index in [0.717, 1.165) is 17.0 Å². The van der Waals surface area contributed by atoms with Gasteiger partial charge in [-0.05, 0) is 25.5 Å². The van der Waals surface area contributed by atoms with Crippen LogP contribution in [0.4, 0.5) is 0 Å². The number of hydrogen-bond donors (Lipinski definition) is 2. The molecule has 106 valence electrons. The van der Waals surface area contributed by atoms with Crippen LogP contribution in [0, 0.1) is 13.8 Å². The van der Waals surface area contributed by atoms with Crippen molar-refractivity contribution in [1.82, 2.24) is 9.78 Å². The zero-order valence-electron chi connectivity index (χ0n) is 11.1. The average Bonchev–Trinajstić information content (AvgIpc) is 2.67. The second-order valence-electron chi connectivity index (χ2n) is 4.43. The first-order valence-electron chi connectivity index (χ1n) is 5.90. The van der Waals surface area contributed by atoms with Crippen LogP contribution in [-0.2, 0) is 6.54 Å². The Morgan fingerprint density at radius 2 is 2.10 bits per heavy atom. The molecule has 3 N–H and O–H groups in total. The monoisotopic (exact) mass is 312 g/mol. The van der Waals surface area contributed by atoms with Crippen LogP contribution in [0.1, 0.15) is 22.5 Å². The van der Waals surface area contributed by atoms with Crippen molar-refractivity contribution in [3.63, 3.8) is 0 Å². The highest BCUT2D eigenvalue weighted by Crippen LogP contribution is 2.23. The molecule has 0 radical (unpaired) electrons. The number of aromatic nitrogens is 2. The van der Waals surface area contributed by atoms with E-state index in [0.29, 0.717) is 22.2 Å². The molecule has 0 unspecified atom stereocenters. The molecule has 0 aliphatic rings. The van der Waals surface area contributed by atoms with Gasteiger partial charge in [0.05, 0.1) is 23.0 Å². The lowest BCUT2D eigenvalue weighted by molar-refractivity contribution is 0.318. The highest BCUT2D eigenvalue weighted by Gasteiger charge is 2.11. The molecule has 0 fully saturated rings. The lowest BCUT2D eigenvalue weighted by Gasteiger charge is -2.08. The molecule has 0 saturated heterocycles. The molecular formula is C13H14Cl2N4O. The van der Waals surface area contributed by atoms with Gasteiger partial charge in [0, 0.05) is 10.6 Å². The smallest absolute Gasteiger partial charge is 0.170 e. The van der Waals surface area contributed by atoms with Gasteiger partial charge < -0.3 is 10.9 Å². The minimum atomic E-state index is 0.0209. The number of aryl methyl sites for hydroxylation is 1. The van der Waals surface area contributed by atoms with Gasteiger partial charge in [-0.3, -0.25) is 4.68 Å². The molecular weight excluding hydrogens is 299 g/mol. The van der Waals surface area contributed by atoms with Gasteiger partial charge in [-0.2, -0.15) is 5.10 Å². The molecule has 5 nitrogen and oxygen atoms in total.